The van der Waals surface area contributed by atoms with E-state index in [1.165, 1.54) is 347 Å². The molecular formula is C73H143NO5. The van der Waals surface area contributed by atoms with Crippen LogP contribution in [0.1, 0.15) is 418 Å². The number of aliphatic hydroxyl groups excluding tert-OH is 2. The van der Waals surface area contributed by atoms with Crippen LogP contribution in [0.2, 0.25) is 0 Å². The number of rotatable bonds is 69. The molecular weight excluding hydrogens is 971 g/mol. The van der Waals surface area contributed by atoms with Crippen LogP contribution in [0, 0.1) is 0 Å². The number of hydrogen-bond donors (Lipinski definition) is 3. The van der Waals surface area contributed by atoms with Gasteiger partial charge in [-0.25, -0.2) is 0 Å². The van der Waals surface area contributed by atoms with Crippen molar-refractivity contribution in [1.29, 1.82) is 0 Å². The minimum atomic E-state index is -0.658. The fourth-order valence-corrected chi connectivity index (χ4v) is 11.8. The van der Waals surface area contributed by atoms with Crippen LogP contribution in [0.5, 0.6) is 0 Å². The van der Waals surface area contributed by atoms with Gasteiger partial charge in [0.25, 0.3) is 0 Å². The number of hydrogen-bond acceptors (Lipinski definition) is 5. The zero-order valence-electron chi connectivity index (χ0n) is 53.9. The molecule has 0 aromatic heterocycles. The number of unbranched alkanes of at least 4 members (excludes halogenated alkanes) is 56. The van der Waals surface area contributed by atoms with Crippen molar-refractivity contribution >= 4 is 11.9 Å². The molecule has 0 bridgehead atoms. The van der Waals surface area contributed by atoms with Crippen molar-refractivity contribution in [2.45, 2.75) is 431 Å². The molecule has 0 aromatic rings. The van der Waals surface area contributed by atoms with Crippen molar-refractivity contribution in [2.24, 2.45) is 0 Å². The normalized spacial score (nSPS) is 12.5. The van der Waals surface area contributed by atoms with Crippen molar-refractivity contribution in [3.05, 3.63) is 12.2 Å². The van der Waals surface area contributed by atoms with Gasteiger partial charge in [0.15, 0.2) is 0 Å². The van der Waals surface area contributed by atoms with Gasteiger partial charge >= 0.3 is 5.97 Å². The maximum Gasteiger partial charge on any atom is 0.305 e. The Kier molecular flexibility index (Phi) is 67.9. The van der Waals surface area contributed by atoms with Gasteiger partial charge < -0.3 is 20.3 Å². The van der Waals surface area contributed by atoms with Crippen LogP contribution in [0.15, 0.2) is 12.2 Å². The van der Waals surface area contributed by atoms with E-state index in [1.807, 2.05) is 0 Å². The fraction of sp³-hybridized carbons (Fsp3) is 0.945. The number of aliphatic hydroxyl groups is 2. The molecule has 0 radical (unpaired) electrons. The standard InChI is InChI=1S/C73H143NO5/c1-3-5-7-9-11-13-14-15-16-17-38-41-44-47-51-55-59-63-67-73(78)79-68-64-60-56-52-48-45-42-39-36-34-32-30-28-26-24-22-20-18-19-21-23-25-27-29-31-33-35-37-40-43-46-50-54-58-62-66-72(77)74-70(69-75)71(76)65-61-57-53-49-12-10-8-6-4-2/h20,22,70-71,75-76H,3-19,21,23-69H2,1-2H3,(H,74,77)/b22-20-. The van der Waals surface area contributed by atoms with Crippen molar-refractivity contribution in [2.75, 3.05) is 13.2 Å². The smallest absolute Gasteiger partial charge is 0.305 e. The molecule has 0 aliphatic heterocycles. The molecule has 6 nitrogen and oxygen atoms in total. The Morgan fingerprint density at radius 2 is 0.595 bits per heavy atom. The van der Waals surface area contributed by atoms with Gasteiger partial charge in [-0.1, -0.05) is 366 Å². The summed E-state index contributed by atoms with van der Waals surface area (Å²) in [5.74, 6) is -0.00614. The summed E-state index contributed by atoms with van der Waals surface area (Å²) >= 11 is 0. The van der Waals surface area contributed by atoms with Crippen LogP contribution >= 0.6 is 0 Å². The van der Waals surface area contributed by atoms with Gasteiger partial charge in [0.2, 0.25) is 5.91 Å². The van der Waals surface area contributed by atoms with Gasteiger partial charge in [0.05, 0.1) is 25.4 Å². The molecule has 0 aliphatic rings. The first-order valence-corrected chi connectivity index (χ1v) is 36.4. The summed E-state index contributed by atoms with van der Waals surface area (Å²) in [5.41, 5.74) is 0. The summed E-state index contributed by atoms with van der Waals surface area (Å²) < 4.78 is 5.51. The van der Waals surface area contributed by atoms with Gasteiger partial charge in [-0.05, 0) is 51.4 Å². The van der Waals surface area contributed by atoms with E-state index in [0.717, 1.165) is 38.5 Å². The van der Waals surface area contributed by atoms with Crippen LogP contribution in [0.4, 0.5) is 0 Å². The van der Waals surface area contributed by atoms with Gasteiger partial charge in [-0.2, -0.15) is 0 Å². The molecule has 0 aliphatic carbocycles. The number of carbonyl (C=O) groups excluding carboxylic acids is 2. The highest BCUT2D eigenvalue weighted by atomic mass is 16.5. The largest absolute Gasteiger partial charge is 0.466 e. The molecule has 0 saturated heterocycles. The molecule has 470 valence electrons. The lowest BCUT2D eigenvalue weighted by Crippen LogP contribution is -2.45. The Balaban J connectivity index is 3.28. The Labute approximate surface area is 495 Å². The Bertz CT molecular complexity index is 1190. The lowest BCUT2D eigenvalue weighted by atomic mass is 10.0. The highest BCUT2D eigenvalue weighted by molar-refractivity contribution is 5.76. The van der Waals surface area contributed by atoms with E-state index in [0.29, 0.717) is 25.9 Å². The maximum absolute atomic E-state index is 12.4. The number of carbonyl (C=O) groups is 2. The van der Waals surface area contributed by atoms with E-state index in [4.69, 9.17) is 4.74 Å². The first-order chi connectivity index (χ1) is 39.0. The molecule has 0 heterocycles. The first-order valence-electron chi connectivity index (χ1n) is 36.4. The van der Waals surface area contributed by atoms with Crippen molar-refractivity contribution in [3.8, 4) is 0 Å². The Morgan fingerprint density at radius 1 is 0.342 bits per heavy atom. The molecule has 1 amide bonds. The average Bonchev–Trinajstić information content (AvgIpc) is 3.45. The molecule has 2 unspecified atom stereocenters. The van der Waals surface area contributed by atoms with E-state index in [-0.39, 0.29) is 18.5 Å². The summed E-state index contributed by atoms with van der Waals surface area (Å²) in [5, 5.41) is 23.1. The predicted molar refractivity (Wildman–Crippen MR) is 347 cm³/mol. The van der Waals surface area contributed by atoms with Crippen LogP contribution in [-0.4, -0.2) is 47.4 Å². The Hall–Kier alpha value is -1.40. The predicted octanol–water partition coefficient (Wildman–Crippen LogP) is 23.5. The minimum absolute atomic E-state index is 0.0255. The van der Waals surface area contributed by atoms with Gasteiger partial charge in [-0.15, -0.1) is 0 Å². The molecule has 2 atom stereocenters. The minimum Gasteiger partial charge on any atom is -0.466 e. The fourth-order valence-electron chi connectivity index (χ4n) is 11.8. The monoisotopic (exact) mass is 1110 g/mol. The molecule has 0 aromatic carbocycles. The van der Waals surface area contributed by atoms with Gasteiger partial charge in [0, 0.05) is 12.8 Å². The van der Waals surface area contributed by atoms with Crippen LogP contribution in [0.25, 0.3) is 0 Å². The van der Waals surface area contributed by atoms with Crippen molar-refractivity contribution < 1.29 is 24.5 Å². The molecule has 0 fully saturated rings. The van der Waals surface area contributed by atoms with Crippen molar-refractivity contribution in [3.63, 3.8) is 0 Å². The third kappa shape index (κ3) is 65.6. The molecule has 0 rings (SSSR count). The number of nitrogens with one attached hydrogen (secondary N) is 1. The van der Waals surface area contributed by atoms with Crippen molar-refractivity contribution in [1.82, 2.24) is 5.32 Å². The highest BCUT2D eigenvalue weighted by Gasteiger charge is 2.20. The van der Waals surface area contributed by atoms with Crippen LogP contribution in [0.3, 0.4) is 0 Å². The van der Waals surface area contributed by atoms with E-state index >= 15 is 0 Å². The third-order valence-electron chi connectivity index (χ3n) is 17.3. The topological polar surface area (TPSA) is 95.9 Å². The summed E-state index contributed by atoms with van der Waals surface area (Å²) in [6.07, 6.45) is 85.9. The molecule has 6 heteroatoms. The van der Waals surface area contributed by atoms with E-state index < -0.39 is 12.1 Å². The second-order valence-corrected chi connectivity index (χ2v) is 25.3. The quantitative estimate of drug-likeness (QED) is 0.0320. The first kappa shape index (κ1) is 77.6. The molecule has 0 spiro atoms. The zero-order valence-corrected chi connectivity index (χ0v) is 53.9. The Morgan fingerprint density at radius 3 is 0.899 bits per heavy atom. The second-order valence-electron chi connectivity index (χ2n) is 25.3. The summed E-state index contributed by atoms with van der Waals surface area (Å²) in [6, 6.07) is -0.536. The number of allylic oxidation sites excluding steroid dienone is 2. The summed E-state index contributed by atoms with van der Waals surface area (Å²) in [7, 11) is 0. The molecule has 79 heavy (non-hydrogen) atoms. The van der Waals surface area contributed by atoms with Gasteiger partial charge in [-0.3, -0.25) is 9.59 Å². The number of ether oxygens (including phenoxy) is 1. The average molecular weight is 1110 g/mol. The zero-order chi connectivity index (χ0) is 57.1. The highest BCUT2D eigenvalue weighted by Crippen LogP contribution is 2.19. The maximum atomic E-state index is 12.4. The summed E-state index contributed by atoms with van der Waals surface area (Å²) in [6.45, 7) is 4.98. The second kappa shape index (κ2) is 69.1. The van der Waals surface area contributed by atoms with Gasteiger partial charge in [0.1, 0.15) is 0 Å². The van der Waals surface area contributed by atoms with E-state index in [1.54, 1.807) is 0 Å². The molecule has 0 saturated carbocycles. The molecule has 3 N–H and O–H groups in total. The van der Waals surface area contributed by atoms with E-state index in [9.17, 15) is 19.8 Å². The lowest BCUT2D eigenvalue weighted by molar-refractivity contribution is -0.143. The van der Waals surface area contributed by atoms with Crippen LogP contribution < -0.4 is 5.32 Å². The van der Waals surface area contributed by atoms with Crippen LogP contribution in [-0.2, 0) is 14.3 Å². The number of esters is 1. The SMILES string of the molecule is CCCCCCCCCCCCCCCCCCCCC(=O)OCCCCCCCCCCCCCCCC/C=C\CCCCCCCCCCCCCCCCCCCC(=O)NC(CO)C(O)CCCCCCCCCCC. The summed E-state index contributed by atoms with van der Waals surface area (Å²) in [4.78, 5) is 24.5. The number of amides is 1. The van der Waals surface area contributed by atoms with E-state index in [2.05, 4.69) is 31.3 Å². The third-order valence-corrected chi connectivity index (χ3v) is 17.3. The lowest BCUT2D eigenvalue weighted by Gasteiger charge is -2.22.